The first-order valence-corrected chi connectivity index (χ1v) is 8.23. The van der Waals surface area contributed by atoms with E-state index < -0.39 is 11.7 Å². The Morgan fingerprint density at radius 2 is 1.88 bits per heavy atom. The number of hydrazone groups is 1. The van der Waals surface area contributed by atoms with Crippen molar-refractivity contribution in [3.8, 4) is 0 Å². The van der Waals surface area contributed by atoms with Crippen LogP contribution in [0.25, 0.3) is 0 Å². The van der Waals surface area contributed by atoms with Crippen LogP contribution >= 0.6 is 0 Å². The number of anilines is 2. The van der Waals surface area contributed by atoms with Crippen LogP contribution in [-0.4, -0.2) is 23.8 Å². The Bertz CT molecular complexity index is 794. The van der Waals surface area contributed by atoms with Gasteiger partial charge in [-0.05, 0) is 44.0 Å². The number of benzene rings is 1. The molecule has 138 valence electrons. The van der Waals surface area contributed by atoms with Crippen LogP contribution in [0.5, 0.6) is 0 Å². The van der Waals surface area contributed by atoms with Gasteiger partial charge in [0.1, 0.15) is 11.6 Å². The second-order valence-electron chi connectivity index (χ2n) is 6.10. The van der Waals surface area contributed by atoms with E-state index in [1.54, 1.807) is 19.1 Å². The molecule has 1 N–H and O–H groups in total. The zero-order valence-electron chi connectivity index (χ0n) is 14.1. The third-order valence-electron chi connectivity index (χ3n) is 4.24. The van der Waals surface area contributed by atoms with Gasteiger partial charge >= 0.3 is 6.18 Å². The third kappa shape index (κ3) is 4.12. The molecule has 0 saturated carbocycles. The first-order valence-electron chi connectivity index (χ1n) is 8.23. The smallest absolute Gasteiger partial charge is 0.369 e. The molecule has 4 nitrogen and oxygen atoms in total. The van der Waals surface area contributed by atoms with Crippen LogP contribution in [0.15, 0.2) is 41.6 Å². The van der Waals surface area contributed by atoms with Crippen LogP contribution < -0.4 is 10.3 Å². The molecule has 26 heavy (non-hydrogen) atoms. The first kappa shape index (κ1) is 18.2. The Morgan fingerprint density at radius 3 is 2.46 bits per heavy atom. The quantitative estimate of drug-likeness (QED) is 0.485. The van der Waals surface area contributed by atoms with Gasteiger partial charge in [-0.3, -0.25) is 5.43 Å². The van der Waals surface area contributed by atoms with E-state index in [2.05, 4.69) is 15.5 Å². The second kappa shape index (κ2) is 7.31. The zero-order valence-corrected chi connectivity index (χ0v) is 14.1. The summed E-state index contributed by atoms with van der Waals surface area (Å²) in [7, 11) is 0. The lowest BCUT2D eigenvalue weighted by Crippen LogP contribution is -2.19. The van der Waals surface area contributed by atoms with E-state index in [0.29, 0.717) is 17.0 Å². The van der Waals surface area contributed by atoms with Crippen LogP contribution in [0.4, 0.5) is 29.1 Å². The minimum absolute atomic E-state index is 0.173. The molecule has 2 aromatic rings. The molecule has 2 heterocycles. The number of alkyl halides is 3. The molecule has 1 saturated heterocycles. The molecule has 3 rings (SSSR count). The van der Waals surface area contributed by atoms with Crippen LogP contribution in [0.1, 0.15) is 30.9 Å². The topological polar surface area (TPSA) is 40.5 Å². The molecule has 1 aliphatic heterocycles. The average Bonchev–Trinajstić information content (AvgIpc) is 3.13. The average molecular weight is 366 g/mol. The van der Waals surface area contributed by atoms with Gasteiger partial charge in [0.05, 0.1) is 17.0 Å². The molecule has 8 heteroatoms. The van der Waals surface area contributed by atoms with Gasteiger partial charge in [-0.15, -0.1) is 0 Å². The maximum absolute atomic E-state index is 14.3. The van der Waals surface area contributed by atoms with Crippen LogP contribution in [-0.2, 0) is 6.18 Å². The van der Waals surface area contributed by atoms with Gasteiger partial charge in [-0.25, -0.2) is 9.37 Å². The molecule has 1 aliphatic rings. The SMILES string of the molecule is C/C(=N/Nc1ccc(C(F)(F)F)cn1)c1ccc(N2CCCC2)c(F)c1. The molecular weight excluding hydrogens is 348 g/mol. The van der Waals surface area contributed by atoms with Gasteiger partial charge in [0.25, 0.3) is 0 Å². The Balaban J connectivity index is 1.70. The molecule has 1 aromatic heterocycles. The van der Waals surface area contributed by atoms with Gasteiger partial charge in [0.15, 0.2) is 0 Å². The lowest BCUT2D eigenvalue weighted by Gasteiger charge is -2.18. The van der Waals surface area contributed by atoms with Crippen molar-refractivity contribution >= 4 is 17.2 Å². The molecular formula is C18H18F4N4. The predicted octanol–water partition coefficient (Wildman–Crippen LogP) is 4.68. The van der Waals surface area contributed by atoms with Gasteiger partial charge in [-0.1, -0.05) is 6.07 Å². The zero-order chi connectivity index (χ0) is 18.7. The number of halogens is 4. The van der Waals surface area contributed by atoms with E-state index >= 15 is 0 Å². The van der Waals surface area contributed by atoms with E-state index in [-0.39, 0.29) is 11.6 Å². The molecule has 0 atom stereocenters. The monoisotopic (exact) mass is 366 g/mol. The van der Waals surface area contributed by atoms with Crippen molar-refractivity contribution in [2.24, 2.45) is 5.10 Å². The van der Waals surface area contributed by atoms with Crippen molar-refractivity contribution < 1.29 is 17.6 Å². The number of hydrogen-bond donors (Lipinski definition) is 1. The third-order valence-corrected chi connectivity index (χ3v) is 4.24. The van der Waals surface area contributed by atoms with Gasteiger partial charge < -0.3 is 4.90 Å². The summed E-state index contributed by atoms with van der Waals surface area (Å²) in [5.74, 6) is -0.141. The summed E-state index contributed by atoms with van der Waals surface area (Å²) in [6.45, 7) is 3.39. The summed E-state index contributed by atoms with van der Waals surface area (Å²) < 4.78 is 51.9. The van der Waals surface area contributed by atoms with Crippen molar-refractivity contribution in [3.05, 3.63) is 53.5 Å². The summed E-state index contributed by atoms with van der Waals surface area (Å²) >= 11 is 0. The number of rotatable bonds is 4. The summed E-state index contributed by atoms with van der Waals surface area (Å²) in [6, 6.07) is 7.03. The summed E-state index contributed by atoms with van der Waals surface area (Å²) in [6.07, 6.45) is -1.57. The van der Waals surface area contributed by atoms with Crippen molar-refractivity contribution in [1.82, 2.24) is 4.98 Å². The molecule has 0 spiro atoms. The maximum Gasteiger partial charge on any atom is 0.417 e. The Labute approximate surface area is 148 Å². The highest BCUT2D eigenvalue weighted by molar-refractivity contribution is 5.99. The van der Waals surface area contributed by atoms with Gasteiger partial charge in [0, 0.05) is 24.8 Å². The van der Waals surface area contributed by atoms with E-state index in [0.717, 1.165) is 38.2 Å². The largest absolute Gasteiger partial charge is 0.417 e. The maximum atomic E-state index is 14.3. The van der Waals surface area contributed by atoms with E-state index in [4.69, 9.17) is 0 Å². The fourth-order valence-electron chi connectivity index (χ4n) is 2.78. The van der Waals surface area contributed by atoms with Crippen molar-refractivity contribution in [1.29, 1.82) is 0 Å². The fourth-order valence-corrected chi connectivity index (χ4v) is 2.78. The van der Waals surface area contributed by atoms with Gasteiger partial charge in [0.2, 0.25) is 0 Å². The van der Waals surface area contributed by atoms with Crippen LogP contribution in [0.2, 0.25) is 0 Å². The number of nitrogens with one attached hydrogen (secondary N) is 1. The molecule has 1 fully saturated rings. The molecule has 1 aromatic carbocycles. The fraction of sp³-hybridized carbons (Fsp3) is 0.333. The number of pyridine rings is 1. The van der Waals surface area contributed by atoms with Crippen molar-refractivity contribution in [2.75, 3.05) is 23.4 Å². The summed E-state index contributed by atoms with van der Waals surface area (Å²) in [5.41, 5.74) is 3.42. The molecule has 0 radical (unpaired) electrons. The number of nitrogens with zero attached hydrogens (tertiary/aromatic N) is 3. The Hall–Kier alpha value is -2.64. The lowest BCUT2D eigenvalue weighted by molar-refractivity contribution is -0.137. The molecule has 0 aliphatic carbocycles. The highest BCUT2D eigenvalue weighted by Crippen LogP contribution is 2.29. The highest BCUT2D eigenvalue weighted by Gasteiger charge is 2.30. The lowest BCUT2D eigenvalue weighted by atomic mass is 10.1. The number of aromatic nitrogens is 1. The van der Waals surface area contributed by atoms with Gasteiger partial charge in [-0.2, -0.15) is 18.3 Å². The van der Waals surface area contributed by atoms with Crippen molar-refractivity contribution in [3.63, 3.8) is 0 Å². The van der Waals surface area contributed by atoms with E-state index in [9.17, 15) is 17.6 Å². The van der Waals surface area contributed by atoms with E-state index in [1.165, 1.54) is 12.1 Å². The predicted molar refractivity (Wildman–Crippen MR) is 92.9 cm³/mol. The van der Waals surface area contributed by atoms with E-state index in [1.807, 2.05) is 4.90 Å². The summed E-state index contributed by atoms with van der Waals surface area (Å²) in [4.78, 5) is 5.69. The van der Waals surface area contributed by atoms with Crippen LogP contribution in [0.3, 0.4) is 0 Å². The second-order valence-corrected chi connectivity index (χ2v) is 6.10. The van der Waals surface area contributed by atoms with Crippen molar-refractivity contribution in [2.45, 2.75) is 25.9 Å². The number of hydrogen-bond acceptors (Lipinski definition) is 4. The van der Waals surface area contributed by atoms with Crippen LogP contribution in [0, 0.1) is 5.82 Å². The molecule has 0 amide bonds. The normalized spacial score (nSPS) is 15.4. The highest BCUT2D eigenvalue weighted by atomic mass is 19.4. The minimum atomic E-state index is -4.43. The standard InChI is InChI=1S/C18H18F4N4/c1-12(24-25-17-7-5-14(11-23-17)18(20,21)22)13-4-6-16(15(19)10-13)26-8-2-3-9-26/h4-7,10-11H,2-3,8-9H2,1H3,(H,23,25)/b24-12-. The Kier molecular flexibility index (Phi) is 5.11. The Morgan fingerprint density at radius 1 is 1.15 bits per heavy atom. The molecule has 0 bridgehead atoms. The molecule has 0 unspecified atom stereocenters. The summed E-state index contributed by atoms with van der Waals surface area (Å²) in [5, 5.41) is 4.07. The first-order chi connectivity index (χ1) is 12.3. The minimum Gasteiger partial charge on any atom is -0.369 e.